The molecule has 4 rings (SSSR count). The summed E-state index contributed by atoms with van der Waals surface area (Å²) in [5.74, 6) is -0.328. The number of rotatable bonds is 16. The molecule has 45 heavy (non-hydrogen) atoms. The topological polar surface area (TPSA) is 142 Å². The zero-order valence-electron chi connectivity index (χ0n) is 24.1. The van der Waals surface area contributed by atoms with Crippen molar-refractivity contribution < 1.29 is 33.0 Å². The molecule has 0 saturated carbocycles. The minimum atomic E-state index is -3.70. The summed E-state index contributed by atoms with van der Waals surface area (Å²) in [6.45, 7) is 1.80. The third-order valence-electron chi connectivity index (χ3n) is 6.60. The molecule has 4 aromatic rings. The molecule has 9 nitrogen and oxygen atoms in total. The standard InChI is InChI=1S/C31H30Cl2N2O7S3/c1-19(23-18-43-31(30(23)39)21-5-8-24(32)25(33)16-21)34-17-27(38)29-11-10-28(44-29)26(37)9-4-20-2-6-22(7-3-20)45(40,41)35-12-14-42-15-13-36/h2-3,5-8,10-11,16,18,35-36,39H,4,9,12-15,17H2,1H3. The van der Waals surface area contributed by atoms with Crippen LogP contribution in [0.1, 0.15) is 43.8 Å². The number of carbonyl (C=O) groups excluding carboxylic acids is 2. The molecule has 2 heterocycles. The van der Waals surface area contributed by atoms with Gasteiger partial charge in [0.1, 0.15) is 12.3 Å². The lowest BCUT2D eigenvalue weighted by Gasteiger charge is -2.08. The highest BCUT2D eigenvalue weighted by atomic mass is 35.5. The van der Waals surface area contributed by atoms with Crippen LogP contribution < -0.4 is 4.72 Å². The number of Topliss-reactive ketones (excluding diaryl/α,β-unsaturated/α-hetero) is 2. The number of halogens is 2. The van der Waals surface area contributed by atoms with Crippen LogP contribution in [-0.4, -0.2) is 68.8 Å². The Morgan fingerprint density at radius 2 is 1.69 bits per heavy atom. The summed E-state index contributed by atoms with van der Waals surface area (Å²) in [7, 11) is -3.70. The van der Waals surface area contributed by atoms with Gasteiger partial charge in [0.05, 0.1) is 49.4 Å². The molecule has 0 spiro atoms. The van der Waals surface area contributed by atoms with E-state index in [-0.39, 0.29) is 61.5 Å². The minimum Gasteiger partial charge on any atom is -0.506 e. The highest BCUT2D eigenvalue weighted by Gasteiger charge is 2.18. The summed E-state index contributed by atoms with van der Waals surface area (Å²) >= 11 is 14.5. The molecule has 0 unspecified atom stereocenters. The largest absolute Gasteiger partial charge is 0.506 e. The van der Waals surface area contributed by atoms with E-state index in [1.807, 2.05) is 0 Å². The molecule has 0 fully saturated rings. The molecule has 0 saturated heterocycles. The molecule has 3 N–H and O–H groups in total. The van der Waals surface area contributed by atoms with Crippen molar-refractivity contribution in [2.45, 2.75) is 24.7 Å². The fraction of sp³-hybridized carbons (Fsp3) is 0.258. The van der Waals surface area contributed by atoms with Crippen molar-refractivity contribution in [3.05, 3.63) is 90.9 Å². The predicted octanol–water partition coefficient (Wildman–Crippen LogP) is 6.28. The lowest BCUT2D eigenvalue weighted by molar-refractivity contribution is 0.0961. The average molecular weight is 710 g/mol. The number of nitrogens with zero attached hydrogens (tertiary/aromatic N) is 1. The smallest absolute Gasteiger partial charge is 0.240 e. The Kier molecular flexibility index (Phi) is 12.5. The first-order valence-corrected chi connectivity index (χ1v) is 17.6. The number of sulfonamides is 1. The van der Waals surface area contributed by atoms with Crippen molar-refractivity contribution in [1.82, 2.24) is 4.72 Å². The van der Waals surface area contributed by atoms with Crippen molar-refractivity contribution in [1.29, 1.82) is 0 Å². The van der Waals surface area contributed by atoms with Crippen LogP contribution in [0.4, 0.5) is 0 Å². The second kappa shape index (κ2) is 16.1. The summed E-state index contributed by atoms with van der Waals surface area (Å²) in [6, 6.07) is 14.6. The summed E-state index contributed by atoms with van der Waals surface area (Å²) in [4.78, 5) is 31.6. The molecule has 0 amide bonds. The fourth-order valence-corrected chi connectivity index (χ4v) is 7.37. The third-order valence-corrected chi connectivity index (χ3v) is 11.0. The number of benzene rings is 2. The van der Waals surface area contributed by atoms with Gasteiger partial charge >= 0.3 is 0 Å². The average Bonchev–Trinajstić information content (AvgIpc) is 3.67. The van der Waals surface area contributed by atoms with E-state index in [0.29, 0.717) is 47.9 Å². The summed E-state index contributed by atoms with van der Waals surface area (Å²) in [6.07, 6.45) is 0.594. The number of ketones is 2. The lowest BCUT2D eigenvalue weighted by Crippen LogP contribution is -2.27. The van der Waals surface area contributed by atoms with Crippen LogP contribution >= 0.6 is 45.9 Å². The van der Waals surface area contributed by atoms with Gasteiger partial charge in [-0.15, -0.1) is 22.7 Å². The monoisotopic (exact) mass is 708 g/mol. The Hall–Kier alpha value is -2.94. The molecule has 0 aliphatic rings. The zero-order chi connectivity index (χ0) is 32.6. The third kappa shape index (κ3) is 9.30. The summed E-state index contributed by atoms with van der Waals surface area (Å²) in [5, 5.41) is 22.0. The van der Waals surface area contributed by atoms with Crippen LogP contribution in [0.25, 0.3) is 10.4 Å². The molecule has 2 aromatic carbocycles. The maximum Gasteiger partial charge on any atom is 0.240 e. The van der Waals surface area contributed by atoms with Crippen LogP contribution in [-0.2, 0) is 21.2 Å². The van der Waals surface area contributed by atoms with Crippen molar-refractivity contribution in [2.24, 2.45) is 4.99 Å². The van der Waals surface area contributed by atoms with E-state index >= 15 is 0 Å². The number of hydrogen-bond acceptors (Lipinski definition) is 10. The van der Waals surface area contributed by atoms with Gasteiger partial charge in [0.25, 0.3) is 0 Å². The molecule has 0 atom stereocenters. The van der Waals surface area contributed by atoms with E-state index < -0.39 is 10.0 Å². The number of hydrogen-bond donors (Lipinski definition) is 3. The quantitative estimate of drug-likeness (QED) is 0.0706. The highest BCUT2D eigenvalue weighted by Crippen LogP contribution is 2.40. The number of aromatic hydroxyl groups is 1. The highest BCUT2D eigenvalue weighted by molar-refractivity contribution is 7.89. The molecule has 0 aliphatic heterocycles. The number of thiophene rings is 2. The van der Waals surface area contributed by atoms with Crippen LogP contribution in [0, 0.1) is 0 Å². The van der Waals surface area contributed by atoms with Crippen LogP contribution in [0.15, 0.2) is 69.9 Å². The Morgan fingerprint density at radius 1 is 0.978 bits per heavy atom. The van der Waals surface area contributed by atoms with Crippen molar-refractivity contribution >= 4 is 73.2 Å². The van der Waals surface area contributed by atoms with E-state index in [0.717, 1.165) is 16.9 Å². The SMILES string of the molecule is CC(=NCC(=O)c1ccc(C(=O)CCc2ccc(S(=O)(=O)NCCOCCO)cc2)s1)c1csc(-c2ccc(Cl)c(Cl)c2)c1O. The summed E-state index contributed by atoms with van der Waals surface area (Å²) < 4.78 is 32.3. The van der Waals surface area contributed by atoms with E-state index in [9.17, 15) is 23.1 Å². The fourth-order valence-electron chi connectivity index (χ4n) is 4.16. The molecule has 238 valence electrons. The van der Waals surface area contributed by atoms with Gasteiger partial charge in [-0.25, -0.2) is 13.1 Å². The first kappa shape index (κ1) is 34.9. The van der Waals surface area contributed by atoms with E-state index in [1.165, 1.54) is 23.5 Å². The van der Waals surface area contributed by atoms with Crippen molar-refractivity contribution in [3.63, 3.8) is 0 Å². The van der Waals surface area contributed by atoms with E-state index in [4.69, 9.17) is 33.0 Å². The lowest BCUT2D eigenvalue weighted by atomic mass is 10.1. The van der Waals surface area contributed by atoms with Crippen molar-refractivity contribution in [3.8, 4) is 16.2 Å². The molecular formula is C31H30Cl2N2O7S3. The molecule has 0 bridgehead atoms. The Labute approximate surface area is 279 Å². The second-order valence-electron chi connectivity index (χ2n) is 9.75. The Bertz CT molecular complexity index is 1800. The van der Waals surface area contributed by atoms with Crippen molar-refractivity contribution in [2.75, 3.05) is 32.9 Å². The molecule has 2 aromatic heterocycles. The number of carbonyl (C=O) groups is 2. The number of ether oxygens (including phenoxy) is 1. The molecular weight excluding hydrogens is 679 g/mol. The number of aryl methyl sites for hydroxylation is 1. The van der Waals surface area contributed by atoms with Gasteiger partial charge in [-0.05, 0) is 60.9 Å². The Morgan fingerprint density at radius 3 is 2.38 bits per heavy atom. The number of nitrogens with one attached hydrogen (secondary N) is 1. The molecule has 14 heteroatoms. The van der Waals surface area contributed by atoms with Crippen LogP contribution in [0.3, 0.4) is 0 Å². The molecule has 0 aliphatic carbocycles. The van der Waals surface area contributed by atoms with Gasteiger partial charge in [0, 0.05) is 29.6 Å². The second-order valence-corrected chi connectivity index (χ2v) is 14.3. The van der Waals surface area contributed by atoms with Crippen LogP contribution in [0.2, 0.25) is 10.0 Å². The Balaban J connectivity index is 1.30. The molecule has 0 radical (unpaired) electrons. The maximum absolute atomic E-state index is 12.8. The summed E-state index contributed by atoms with van der Waals surface area (Å²) in [5.41, 5.74) is 2.53. The van der Waals surface area contributed by atoms with Gasteiger partial charge < -0.3 is 14.9 Å². The number of aliphatic imine (C=N–C) groups is 1. The first-order valence-electron chi connectivity index (χ1n) is 13.7. The van der Waals surface area contributed by atoms with Gasteiger partial charge in [0.15, 0.2) is 11.6 Å². The zero-order valence-corrected chi connectivity index (χ0v) is 28.0. The maximum atomic E-state index is 12.8. The predicted molar refractivity (Wildman–Crippen MR) is 179 cm³/mol. The normalized spacial score (nSPS) is 12.0. The minimum absolute atomic E-state index is 0.0458. The van der Waals surface area contributed by atoms with Gasteiger partial charge in [-0.3, -0.25) is 14.6 Å². The number of aliphatic hydroxyl groups is 1. The van der Waals surface area contributed by atoms with E-state index in [2.05, 4.69) is 9.71 Å². The van der Waals surface area contributed by atoms with Gasteiger partial charge in [-0.2, -0.15) is 0 Å². The van der Waals surface area contributed by atoms with E-state index in [1.54, 1.807) is 54.8 Å². The first-order chi connectivity index (χ1) is 21.5. The van der Waals surface area contributed by atoms with Crippen LogP contribution in [0.5, 0.6) is 5.75 Å². The van der Waals surface area contributed by atoms with Gasteiger partial charge in [-0.1, -0.05) is 41.4 Å². The van der Waals surface area contributed by atoms with Gasteiger partial charge in [0.2, 0.25) is 10.0 Å². The number of aliphatic hydroxyl groups excluding tert-OH is 1.